The normalized spacial score (nSPS) is 10.4. The Labute approximate surface area is 146 Å². The van der Waals surface area contributed by atoms with Crippen LogP contribution in [0.3, 0.4) is 0 Å². The van der Waals surface area contributed by atoms with Crippen molar-refractivity contribution >= 4 is 28.9 Å². The van der Waals surface area contributed by atoms with E-state index < -0.39 is 0 Å². The lowest BCUT2D eigenvalue weighted by atomic mass is 10.1. The topological polar surface area (TPSA) is 79.8 Å². The highest BCUT2D eigenvalue weighted by atomic mass is 16.1. The van der Waals surface area contributed by atoms with Crippen LogP contribution in [0.5, 0.6) is 0 Å². The van der Waals surface area contributed by atoms with Gasteiger partial charge in [0.1, 0.15) is 0 Å². The Kier molecular flexibility index (Phi) is 4.70. The van der Waals surface area contributed by atoms with Crippen LogP contribution in [0.2, 0.25) is 0 Å². The number of nitrogens with zero attached hydrogens (tertiary/aromatic N) is 3. The van der Waals surface area contributed by atoms with Crippen molar-refractivity contribution in [1.29, 1.82) is 0 Å². The molecule has 2 aromatic carbocycles. The molecule has 0 saturated carbocycles. The first-order chi connectivity index (χ1) is 12.0. The van der Waals surface area contributed by atoms with E-state index in [2.05, 4.69) is 38.8 Å². The predicted octanol–water partition coefficient (Wildman–Crippen LogP) is 4.18. The number of Topliss-reactive ketones (excluding diaryl/α,β-unsaturated/α-hetero) is 1. The number of benzene rings is 2. The van der Waals surface area contributed by atoms with Gasteiger partial charge < -0.3 is 10.6 Å². The van der Waals surface area contributed by atoms with Crippen LogP contribution in [0.25, 0.3) is 0 Å². The molecule has 25 heavy (non-hydrogen) atoms. The van der Waals surface area contributed by atoms with Gasteiger partial charge >= 0.3 is 0 Å². The third-order valence-electron chi connectivity index (χ3n) is 3.73. The molecule has 3 rings (SSSR count). The number of carbonyl (C=O) groups excluding carboxylic acids is 1. The summed E-state index contributed by atoms with van der Waals surface area (Å²) in [6, 6.07) is 13.3. The van der Waals surface area contributed by atoms with Crippen molar-refractivity contribution in [3.63, 3.8) is 0 Å². The second-order valence-electron chi connectivity index (χ2n) is 5.87. The van der Waals surface area contributed by atoms with Gasteiger partial charge in [-0.15, -0.1) is 5.10 Å². The average Bonchev–Trinajstić information content (AvgIpc) is 2.58. The molecule has 6 nitrogen and oxygen atoms in total. The number of carbonyl (C=O) groups is 1. The Bertz CT molecular complexity index is 923. The van der Waals surface area contributed by atoms with Crippen LogP contribution in [0.4, 0.5) is 23.1 Å². The number of anilines is 4. The minimum atomic E-state index is 0.0154. The van der Waals surface area contributed by atoms with Crippen molar-refractivity contribution in [2.45, 2.75) is 20.8 Å². The van der Waals surface area contributed by atoms with Gasteiger partial charge in [-0.2, -0.15) is 10.1 Å². The zero-order chi connectivity index (χ0) is 17.8. The molecule has 126 valence electrons. The molecule has 0 saturated heterocycles. The third-order valence-corrected chi connectivity index (χ3v) is 3.73. The summed E-state index contributed by atoms with van der Waals surface area (Å²) in [5, 5.41) is 14.3. The fourth-order valence-electron chi connectivity index (χ4n) is 2.45. The molecule has 0 aliphatic heterocycles. The minimum Gasteiger partial charge on any atom is -0.339 e. The van der Waals surface area contributed by atoms with Crippen molar-refractivity contribution in [1.82, 2.24) is 15.2 Å². The Morgan fingerprint density at radius 1 is 1.04 bits per heavy atom. The van der Waals surface area contributed by atoms with Gasteiger partial charge in [-0.05, 0) is 44.5 Å². The lowest BCUT2D eigenvalue weighted by Gasteiger charge is -2.10. The Morgan fingerprint density at radius 3 is 2.64 bits per heavy atom. The van der Waals surface area contributed by atoms with Gasteiger partial charge in [0.15, 0.2) is 11.6 Å². The Morgan fingerprint density at radius 2 is 1.88 bits per heavy atom. The standard InChI is InChI=1S/C19H19N5O/c1-12-7-8-17(13(2)9-12)22-19-23-18(11-20-24-19)21-16-6-4-5-15(10-16)14(3)25/h4-11H,1-3H3,(H2,21,22,23,24). The summed E-state index contributed by atoms with van der Waals surface area (Å²) in [5.41, 5.74) is 4.65. The fourth-order valence-corrected chi connectivity index (χ4v) is 2.45. The fraction of sp³-hybridized carbons (Fsp3) is 0.158. The van der Waals surface area contributed by atoms with E-state index in [1.807, 2.05) is 31.2 Å². The Hall–Kier alpha value is -3.28. The van der Waals surface area contributed by atoms with Crippen LogP contribution in [-0.2, 0) is 0 Å². The molecule has 1 heterocycles. The summed E-state index contributed by atoms with van der Waals surface area (Å²) in [6.45, 7) is 5.62. The van der Waals surface area contributed by atoms with Crippen molar-refractivity contribution < 1.29 is 4.79 Å². The summed E-state index contributed by atoms with van der Waals surface area (Å²) in [6.07, 6.45) is 1.54. The van der Waals surface area contributed by atoms with E-state index in [1.54, 1.807) is 12.1 Å². The van der Waals surface area contributed by atoms with Gasteiger partial charge in [0.2, 0.25) is 5.95 Å². The summed E-state index contributed by atoms with van der Waals surface area (Å²) in [7, 11) is 0. The van der Waals surface area contributed by atoms with Gasteiger partial charge in [-0.3, -0.25) is 4.79 Å². The molecule has 0 aliphatic carbocycles. The highest BCUT2D eigenvalue weighted by Gasteiger charge is 2.05. The lowest BCUT2D eigenvalue weighted by molar-refractivity contribution is 0.101. The maximum atomic E-state index is 11.5. The number of rotatable bonds is 5. The zero-order valence-electron chi connectivity index (χ0n) is 14.4. The molecular formula is C19H19N5O. The SMILES string of the molecule is CC(=O)c1cccc(Nc2cnnc(Nc3ccc(C)cc3C)n2)c1. The second-order valence-corrected chi connectivity index (χ2v) is 5.87. The van der Waals surface area contributed by atoms with Crippen molar-refractivity contribution in [3.8, 4) is 0 Å². The molecule has 0 fully saturated rings. The Balaban J connectivity index is 1.79. The van der Waals surface area contributed by atoms with E-state index in [1.165, 1.54) is 18.7 Å². The third kappa shape index (κ3) is 4.17. The lowest BCUT2D eigenvalue weighted by Crippen LogP contribution is -2.03. The van der Waals surface area contributed by atoms with Gasteiger partial charge in [0, 0.05) is 16.9 Å². The second kappa shape index (κ2) is 7.09. The van der Waals surface area contributed by atoms with Gasteiger partial charge in [-0.25, -0.2) is 0 Å². The van der Waals surface area contributed by atoms with Crippen LogP contribution in [0.1, 0.15) is 28.4 Å². The average molecular weight is 333 g/mol. The highest BCUT2D eigenvalue weighted by molar-refractivity contribution is 5.95. The summed E-state index contributed by atoms with van der Waals surface area (Å²) in [4.78, 5) is 15.9. The van der Waals surface area contributed by atoms with Crippen molar-refractivity contribution in [2.75, 3.05) is 10.6 Å². The first-order valence-corrected chi connectivity index (χ1v) is 7.93. The van der Waals surface area contributed by atoms with Crippen LogP contribution in [0.15, 0.2) is 48.7 Å². The molecule has 3 aromatic rings. The number of ketones is 1. The molecule has 0 spiro atoms. The van der Waals surface area contributed by atoms with Crippen molar-refractivity contribution in [2.24, 2.45) is 0 Å². The van der Waals surface area contributed by atoms with E-state index in [4.69, 9.17) is 0 Å². The molecule has 0 atom stereocenters. The number of aromatic nitrogens is 3. The van der Waals surface area contributed by atoms with E-state index in [0.717, 1.165) is 16.9 Å². The number of aryl methyl sites for hydroxylation is 2. The molecule has 0 unspecified atom stereocenters. The molecule has 0 radical (unpaired) electrons. The molecule has 0 amide bonds. The van der Waals surface area contributed by atoms with Crippen LogP contribution in [0, 0.1) is 13.8 Å². The van der Waals surface area contributed by atoms with E-state index in [9.17, 15) is 4.79 Å². The molecule has 0 aliphatic rings. The van der Waals surface area contributed by atoms with E-state index in [-0.39, 0.29) is 5.78 Å². The number of hydrogen-bond acceptors (Lipinski definition) is 6. The summed E-state index contributed by atoms with van der Waals surface area (Å²) < 4.78 is 0. The van der Waals surface area contributed by atoms with Crippen LogP contribution >= 0.6 is 0 Å². The quantitative estimate of drug-likeness (QED) is 0.682. The maximum absolute atomic E-state index is 11.5. The van der Waals surface area contributed by atoms with E-state index in [0.29, 0.717) is 17.3 Å². The molecular weight excluding hydrogens is 314 g/mol. The summed E-state index contributed by atoms with van der Waals surface area (Å²) in [5.74, 6) is 0.962. The monoisotopic (exact) mass is 333 g/mol. The zero-order valence-corrected chi connectivity index (χ0v) is 14.4. The van der Waals surface area contributed by atoms with E-state index >= 15 is 0 Å². The smallest absolute Gasteiger partial charge is 0.249 e. The number of hydrogen-bond donors (Lipinski definition) is 2. The first kappa shape index (κ1) is 16.6. The van der Waals surface area contributed by atoms with Crippen LogP contribution < -0.4 is 10.6 Å². The molecule has 1 aromatic heterocycles. The van der Waals surface area contributed by atoms with Gasteiger partial charge in [0.05, 0.1) is 6.20 Å². The largest absolute Gasteiger partial charge is 0.339 e. The molecule has 6 heteroatoms. The van der Waals surface area contributed by atoms with Gasteiger partial charge in [0.25, 0.3) is 0 Å². The summed E-state index contributed by atoms with van der Waals surface area (Å²) >= 11 is 0. The molecule has 0 bridgehead atoms. The molecule has 2 N–H and O–H groups in total. The highest BCUT2D eigenvalue weighted by Crippen LogP contribution is 2.21. The minimum absolute atomic E-state index is 0.0154. The van der Waals surface area contributed by atoms with Gasteiger partial charge in [-0.1, -0.05) is 29.8 Å². The van der Waals surface area contributed by atoms with Crippen molar-refractivity contribution in [3.05, 3.63) is 65.4 Å². The predicted molar refractivity (Wildman–Crippen MR) is 98.8 cm³/mol. The maximum Gasteiger partial charge on any atom is 0.249 e. The van der Waals surface area contributed by atoms with Crippen LogP contribution in [-0.4, -0.2) is 21.0 Å². The first-order valence-electron chi connectivity index (χ1n) is 7.93. The number of nitrogens with one attached hydrogen (secondary N) is 2.